The van der Waals surface area contributed by atoms with Gasteiger partial charge in [0.05, 0.1) is 7.11 Å². The zero-order valence-corrected chi connectivity index (χ0v) is 12.8. The van der Waals surface area contributed by atoms with Crippen molar-refractivity contribution < 1.29 is 9.53 Å². The highest BCUT2D eigenvalue weighted by atomic mass is 79.9. The number of hydrogen-bond donors (Lipinski definition) is 0. The molecule has 102 valence electrons. The van der Waals surface area contributed by atoms with E-state index in [0.29, 0.717) is 30.0 Å². The molecule has 1 aromatic rings. The van der Waals surface area contributed by atoms with Crippen LogP contribution in [0, 0.1) is 17.8 Å². The molecule has 2 aliphatic rings. The van der Waals surface area contributed by atoms with Gasteiger partial charge in [0.15, 0.2) is 0 Å². The molecule has 0 saturated heterocycles. The summed E-state index contributed by atoms with van der Waals surface area (Å²) in [7, 11) is 1.66. The maximum absolute atomic E-state index is 12.4. The Kier molecular flexibility index (Phi) is 3.66. The number of halogens is 1. The van der Waals surface area contributed by atoms with E-state index in [4.69, 9.17) is 4.74 Å². The lowest BCUT2D eigenvalue weighted by atomic mass is 10.0. The van der Waals surface area contributed by atoms with Crippen molar-refractivity contribution >= 4 is 21.7 Å². The smallest absolute Gasteiger partial charge is 0.141 e. The van der Waals surface area contributed by atoms with Gasteiger partial charge < -0.3 is 4.74 Å². The summed E-state index contributed by atoms with van der Waals surface area (Å²) in [6.07, 6.45) is 5.66. The molecule has 0 N–H and O–H groups in total. The third kappa shape index (κ3) is 2.58. The summed E-state index contributed by atoms with van der Waals surface area (Å²) in [5.74, 6) is 2.96. The molecule has 0 bridgehead atoms. The molecule has 0 amide bonds. The number of ketones is 1. The topological polar surface area (TPSA) is 26.3 Å². The highest BCUT2D eigenvalue weighted by Gasteiger charge is 2.54. The van der Waals surface area contributed by atoms with E-state index in [9.17, 15) is 4.79 Å². The van der Waals surface area contributed by atoms with Gasteiger partial charge in [-0.05, 0) is 42.9 Å². The van der Waals surface area contributed by atoms with Crippen LogP contribution < -0.4 is 4.74 Å². The second-order valence-electron chi connectivity index (χ2n) is 5.74. The van der Waals surface area contributed by atoms with Gasteiger partial charge in [0.25, 0.3) is 0 Å². The first-order chi connectivity index (χ1) is 9.20. The number of benzene rings is 1. The first-order valence-electron chi connectivity index (χ1n) is 7.06. The largest absolute Gasteiger partial charge is 0.496 e. The lowest BCUT2D eigenvalue weighted by Crippen LogP contribution is -2.08. The van der Waals surface area contributed by atoms with Crippen molar-refractivity contribution in [2.45, 2.75) is 32.1 Å². The van der Waals surface area contributed by atoms with E-state index >= 15 is 0 Å². The van der Waals surface area contributed by atoms with Crippen LogP contribution in [0.2, 0.25) is 0 Å². The summed E-state index contributed by atoms with van der Waals surface area (Å²) in [6, 6.07) is 5.87. The monoisotopic (exact) mass is 322 g/mol. The number of fused-ring (bicyclic) bond motifs is 1. The Morgan fingerprint density at radius 2 is 2.00 bits per heavy atom. The quantitative estimate of drug-likeness (QED) is 0.837. The zero-order valence-electron chi connectivity index (χ0n) is 11.2. The average Bonchev–Trinajstić information content (AvgIpc) is 3.13. The molecule has 0 aliphatic heterocycles. The number of hydrogen-bond acceptors (Lipinski definition) is 2. The van der Waals surface area contributed by atoms with Crippen LogP contribution in [-0.4, -0.2) is 12.9 Å². The van der Waals surface area contributed by atoms with Crippen LogP contribution >= 0.6 is 15.9 Å². The molecule has 0 radical (unpaired) electrons. The van der Waals surface area contributed by atoms with Crippen LogP contribution in [0.25, 0.3) is 0 Å². The Hall–Kier alpha value is -0.830. The Morgan fingerprint density at radius 1 is 1.32 bits per heavy atom. The third-order valence-corrected chi connectivity index (χ3v) is 5.13. The van der Waals surface area contributed by atoms with Gasteiger partial charge in [0, 0.05) is 22.4 Å². The van der Waals surface area contributed by atoms with E-state index in [0.717, 1.165) is 15.8 Å². The molecule has 2 nitrogen and oxygen atoms in total. The fraction of sp³-hybridized carbons (Fsp3) is 0.562. The predicted molar refractivity (Wildman–Crippen MR) is 78.3 cm³/mol. The molecule has 2 fully saturated rings. The highest BCUT2D eigenvalue weighted by molar-refractivity contribution is 9.10. The number of carbonyl (C=O) groups is 1. The lowest BCUT2D eigenvalue weighted by Gasteiger charge is -2.08. The third-order valence-electron chi connectivity index (χ3n) is 4.64. The molecule has 1 aromatic carbocycles. The minimum absolute atomic E-state index is 0.339. The lowest BCUT2D eigenvalue weighted by molar-refractivity contribution is -0.120. The molecular formula is C16H19BrO2. The molecule has 3 heteroatoms. The van der Waals surface area contributed by atoms with E-state index in [2.05, 4.69) is 15.9 Å². The van der Waals surface area contributed by atoms with E-state index in [1.54, 1.807) is 7.11 Å². The zero-order chi connectivity index (χ0) is 13.4. The molecule has 2 aliphatic carbocycles. The maximum Gasteiger partial charge on any atom is 0.141 e. The Bertz CT molecular complexity index is 486. The van der Waals surface area contributed by atoms with Gasteiger partial charge in [-0.1, -0.05) is 28.8 Å². The van der Waals surface area contributed by atoms with Gasteiger partial charge >= 0.3 is 0 Å². The van der Waals surface area contributed by atoms with Crippen LogP contribution in [-0.2, 0) is 11.2 Å². The molecule has 19 heavy (non-hydrogen) atoms. The van der Waals surface area contributed by atoms with Gasteiger partial charge in [0.1, 0.15) is 11.5 Å². The van der Waals surface area contributed by atoms with Crippen molar-refractivity contribution in [3.8, 4) is 5.75 Å². The number of Topliss-reactive ketones (excluding diaryl/α,β-unsaturated/α-hetero) is 1. The van der Waals surface area contributed by atoms with Gasteiger partial charge in [-0.25, -0.2) is 0 Å². The van der Waals surface area contributed by atoms with Crippen LogP contribution in [0.1, 0.15) is 31.2 Å². The maximum atomic E-state index is 12.4. The molecule has 0 aromatic heterocycles. The van der Waals surface area contributed by atoms with Gasteiger partial charge in [-0.3, -0.25) is 4.79 Å². The average molecular weight is 323 g/mol. The Morgan fingerprint density at radius 3 is 2.63 bits per heavy atom. The molecule has 0 spiro atoms. The van der Waals surface area contributed by atoms with E-state index in [-0.39, 0.29) is 0 Å². The molecule has 3 rings (SSSR count). The summed E-state index contributed by atoms with van der Waals surface area (Å²) in [5, 5.41) is 0. The molecule has 2 saturated carbocycles. The first kappa shape index (κ1) is 13.2. The second kappa shape index (κ2) is 5.28. The van der Waals surface area contributed by atoms with E-state index in [1.807, 2.05) is 18.2 Å². The molecule has 2 unspecified atom stereocenters. The normalized spacial score (nSPS) is 28.6. The molecule has 2 atom stereocenters. The van der Waals surface area contributed by atoms with Crippen LogP contribution in [0.3, 0.4) is 0 Å². The number of ether oxygens (including phenoxy) is 1. The fourth-order valence-electron chi connectivity index (χ4n) is 3.66. The van der Waals surface area contributed by atoms with Crippen LogP contribution in [0.15, 0.2) is 22.7 Å². The summed E-state index contributed by atoms with van der Waals surface area (Å²) in [5.41, 5.74) is 1.01. The first-order valence-corrected chi connectivity index (χ1v) is 7.85. The van der Waals surface area contributed by atoms with Gasteiger partial charge in [-0.15, -0.1) is 0 Å². The summed E-state index contributed by atoms with van der Waals surface area (Å²) in [6.45, 7) is 0. The standard InChI is InChI=1S/C16H19BrO2/c1-19-15-7-6-11(17)8-10(15)9-14(18)16-12-4-2-3-5-13(12)16/h6-8,12-13,16H,2-5,9H2,1H3. The SMILES string of the molecule is COc1ccc(Br)cc1CC(=O)C1C2CCCCC21. The second-order valence-corrected chi connectivity index (χ2v) is 6.65. The van der Waals surface area contributed by atoms with E-state index in [1.165, 1.54) is 25.7 Å². The van der Waals surface area contributed by atoms with Crippen LogP contribution in [0.4, 0.5) is 0 Å². The summed E-state index contributed by atoms with van der Waals surface area (Å²) in [4.78, 5) is 12.4. The number of carbonyl (C=O) groups excluding carboxylic acids is 1. The van der Waals surface area contributed by atoms with Crippen molar-refractivity contribution in [1.29, 1.82) is 0 Å². The number of methoxy groups -OCH3 is 1. The number of rotatable bonds is 4. The van der Waals surface area contributed by atoms with Crippen molar-refractivity contribution in [1.82, 2.24) is 0 Å². The fourth-order valence-corrected chi connectivity index (χ4v) is 4.07. The van der Waals surface area contributed by atoms with Crippen molar-refractivity contribution in [2.75, 3.05) is 7.11 Å². The van der Waals surface area contributed by atoms with Crippen molar-refractivity contribution in [3.05, 3.63) is 28.2 Å². The van der Waals surface area contributed by atoms with Crippen molar-refractivity contribution in [3.63, 3.8) is 0 Å². The van der Waals surface area contributed by atoms with Crippen LogP contribution in [0.5, 0.6) is 5.75 Å². The van der Waals surface area contributed by atoms with E-state index < -0.39 is 0 Å². The van der Waals surface area contributed by atoms with Gasteiger partial charge in [-0.2, -0.15) is 0 Å². The molecular weight excluding hydrogens is 304 g/mol. The van der Waals surface area contributed by atoms with Crippen molar-refractivity contribution in [2.24, 2.45) is 17.8 Å². The van der Waals surface area contributed by atoms with Gasteiger partial charge in [0.2, 0.25) is 0 Å². The Labute approximate surface area is 122 Å². The highest BCUT2D eigenvalue weighted by Crippen LogP contribution is 2.56. The minimum atomic E-state index is 0.339. The predicted octanol–water partition coefficient (Wildman–Crippen LogP) is 4.01. The minimum Gasteiger partial charge on any atom is -0.496 e. The molecule has 0 heterocycles. The Balaban J connectivity index is 1.71. The summed E-state index contributed by atoms with van der Waals surface area (Å²) < 4.78 is 6.35. The summed E-state index contributed by atoms with van der Waals surface area (Å²) >= 11 is 3.46.